The highest BCUT2D eigenvalue weighted by Gasteiger charge is 2.11. The van der Waals surface area contributed by atoms with E-state index in [2.05, 4.69) is 15.4 Å². The van der Waals surface area contributed by atoms with Crippen molar-refractivity contribution in [3.05, 3.63) is 105 Å². The number of hydrogen-bond acceptors (Lipinski definition) is 6. The van der Waals surface area contributed by atoms with Gasteiger partial charge in [-0.3, -0.25) is 24.3 Å². The Balaban J connectivity index is 1.36. The van der Waals surface area contributed by atoms with E-state index in [1.807, 2.05) is 0 Å². The first-order valence-corrected chi connectivity index (χ1v) is 10.3. The predicted octanol–water partition coefficient (Wildman–Crippen LogP) is 2.52. The number of rotatable bonds is 8. The number of aromatic nitrogens is 4. The summed E-state index contributed by atoms with van der Waals surface area (Å²) in [5, 5.41) is 17.9. The molecular weight excluding hydrogens is 443 g/mol. The van der Waals surface area contributed by atoms with Crippen molar-refractivity contribution in [1.82, 2.24) is 24.6 Å². The molecule has 172 valence electrons. The topological polar surface area (TPSA) is 125 Å². The fourth-order valence-corrected chi connectivity index (χ4v) is 3.33. The largest absolute Gasteiger partial charge is 0.351 e. The van der Waals surface area contributed by atoms with Crippen molar-refractivity contribution in [2.75, 3.05) is 6.54 Å². The molecule has 4 rings (SSSR count). The molecule has 1 amide bonds. The smallest absolute Gasteiger partial charge is 0.269 e. The minimum absolute atomic E-state index is 0.0256. The number of benzene rings is 2. The fraction of sp³-hybridized carbons (Fsp3) is 0.130. The van der Waals surface area contributed by atoms with Gasteiger partial charge in [0.1, 0.15) is 17.5 Å². The average molecular weight is 462 g/mol. The maximum absolute atomic E-state index is 13.4. The molecule has 1 N–H and O–H groups in total. The number of nitro benzene ring substituents is 1. The molecule has 0 aliphatic rings. The number of amides is 1. The molecule has 2 heterocycles. The van der Waals surface area contributed by atoms with E-state index < -0.39 is 4.92 Å². The molecular formula is C23H19FN6O4. The van der Waals surface area contributed by atoms with E-state index in [9.17, 15) is 24.1 Å². The molecule has 2 aromatic heterocycles. The highest BCUT2D eigenvalue weighted by Crippen LogP contribution is 2.13. The molecule has 0 bridgehead atoms. The Bertz CT molecular complexity index is 1440. The van der Waals surface area contributed by atoms with Crippen molar-refractivity contribution in [2.24, 2.45) is 0 Å². The van der Waals surface area contributed by atoms with Crippen molar-refractivity contribution >= 4 is 28.7 Å². The second-order valence-electron chi connectivity index (χ2n) is 7.39. The number of carbonyl (C=O) groups excluding carboxylic acids is 1. The molecule has 34 heavy (non-hydrogen) atoms. The highest BCUT2D eigenvalue weighted by atomic mass is 19.1. The Labute approximate surface area is 192 Å². The quantitative estimate of drug-likeness (QED) is 0.244. The summed E-state index contributed by atoms with van der Waals surface area (Å²) < 4.78 is 16.3. The second kappa shape index (κ2) is 9.86. The van der Waals surface area contributed by atoms with Gasteiger partial charge in [-0.15, -0.1) is 0 Å². The summed E-state index contributed by atoms with van der Waals surface area (Å²) in [6.45, 7) is 0.719. The molecule has 0 unspecified atom stereocenters. The first-order valence-electron chi connectivity index (χ1n) is 10.3. The molecule has 0 spiro atoms. The number of nitrogens with one attached hydrogen (secondary N) is 1. The molecule has 0 radical (unpaired) electrons. The Morgan fingerprint density at radius 3 is 2.74 bits per heavy atom. The van der Waals surface area contributed by atoms with Gasteiger partial charge < -0.3 is 5.32 Å². The lowest BCUT2D eigenvalue weighted by molar-refractivity contribution is -0.384. The third-order valence-corrected chi connectivity index (χ3v) is 5.02. The molecule has 10 nitrogen and oxygen atoms in total. The summed E-state index contributed by atoms with van der Waals surface area (Å²) >= 11 is 0. The number of fused-ring (bicyclic) bond motifs is 1. The van der Waals surface area contributed by atoms with Crippen LogP contribution in [-0.4, -0.2) is 36.7 Å². The highest BCUT2D eigenvalue weighted by molar-refractivity contribution is 5.91. The molecule has 0 aliphatic heterocycles. The van der Waals surface area contributed by atoms with Crippen molar-refractivity contribution in [2.45, 2.75) is 13.1 Å². The monoisotopic (exact) mass is 462 g/mol. The number of carbonyl (C=O) groups is 1. The van der Waals surface area contributed by atoms with E-state index in [0.717, 1.165) is 0 Å². The van der Waals surface area contributed by atoms with Gasteiger partial charge in [0, 0.05) is 24.8 Å². The van der Waals surface area contributed by atoms with Gasteiger partial charge >= 0.3 is 0 Å². The molecule has 0 saturated carbocycles. The summed E-state index contributed by atoms with van der Waals surface area (Å²) in [4.78, 5) is 39.3. The summed E-state index contributed by atoms with van der Waals surface area (Å²) in [6.07, 6.45) is 5.68. The van der Waals surface area contributed by atoms with Gasteiger partial charge in [0.15, 0.2) is 5.65 Å². The van der Waals surface area contributed by atoms with Crippen LogP contribution >= 0.6 is 0 Å². The van der Waals surface area contributed by atoms with E-state index in [1.165, 1.54) is 52.1 Å². The third kappa shape index (κ3) is 5.21. The normalized spacial score (nSPS) is 11.2. The average Bonchev–Trinajstić information content (AvgIpc) is 3.23. The number of nitrogens with zero attached hydrogens (tertiary/aromatic N) is 5. The van der Waals surface area contributed by atoms with Crippen LogP contribution in [0.4, 0.5) is 10.1 Å². The van der Waals surface area contributed by atoms with Crippen molar-refractivity contribution < 1.29 is 14.1 Å². The molecule has 4 aromatic rings. The summed E-state index contributed by atoms with van der Waals surface area (Å²) in [6, 6.07) is 11.8. The van der Waals surface area contributed by atoms with E-state index in [1.54, 1.807) is 30.3 Å². The zero-order chi connectivity index (χ0) is 24.1. The van der Waals surface area contributed by atoms with Crippen LogP contribution in [0.1, 0.15) is 11.1 Å². The number of halogens is 1. The van der Waals surface area contributed by atoms with Crippen LogP contribution in [0, 0.1) is 15.9 Å². The maximum Gasteiger partial charge on any atom is 0.269 e. The lowest BCUT2D eigenvalue weighted by Gasteiger charge is -2.07. The van der Waals surface area contributed by atoms with Gasteiger partial charge in [-0.2, -0.15) is 5.10 Å². The minimum Gasteiger partial charge on any atom is -0.351 e. The van der Waals surface area contributed by atoms with Crippen LogP contribution < -0.4 is 10.9 Å². The number of hydrogen-bond donors (Lipinski definition) is 1. The minimum atomic E-state index is -0.492. The van der Waals surface area contributed by atoms with Crippen LogP contribution in [0.25, 0.3) is 17.1 Å². The Morgan fingerprint density at radius 2 is 2.00 bits per heavy atom. The second-order valence-corrected chi connectivity index (χ2v) is 7.39. The summed E-state index contributed by atoms with van der Waals surface area (Å²) in [5.41, 5.74) is 1.35. The summed E-state index contributed by atoms with van der Waals surface area (Å²) in [5.74, 6) is -0.725. The van der Waals surface area contributed by atoms with Crippen LogP contribution in [0.2, 0.25) is 0 Å². The van der Waals surface area contributed by atoms with E-state index in [0.29, 0.717) is 28.7 Å². The van der Waals surface area contributed by atoms with Crippen molar-refractivity contribution in [3.8, 4) is 0 Å². The standard InChI is InChI=1S/C23H19FN6O4/c24-18-3-1-2-17(12-18)14-28-15-26-22-20(23(28)32)13-27-29(22)11-10-25-21(31)9-6-16-4-7-19(8-5-16)30(33)34/h1-9,12-13,15H,10-11,14H2,(H,25,31)/b9-6-. The predicted molar refractivity (Wildman–Crippen MR) is 122 cm³/mol. The lowest BCUT2D eigenvalue weighted by atomic mass is 10.2. The van der Waals surface area contributed by atoms with Gasteiger partial charge in [-0.1, -0.05) is 12.1 Å². The fourth-order valence-electron chi connectivity index (χ4n) is 3.33. The number of non-ortho nitro benzene ring substituents is 1. The van der Waals surface area contributed by atoms with Gasteiger partial charge in [0.25, 0.3) is 11.2 Å². The van der Waals surface area contributed by atoms with E-state index in [-0.39, 0.29) is 36.1 Å². The molecule has 0 fully saturated rings. The van der Waals surface area contributed by atoms with E-state index in [4.69, 9.17) is 0 Å². The van der Waals surface area contributed by atoms with Gasteiger partial charge in [0.2, 0.25) is 5.91 Å². The van der Waals surface area contributed by atoms with Crippen LogP contribution in [0.3, 0.4) is 0 Å². The Kier molecular flexibility index (Phi) is 6.53. The van der Waals surface area contributed by atoms with Crippen LogP contribution in [-0.2, 0) is 17.9 Å². The summed E-state index contributed by atoms with van der Waals surface area (Å²) in [7, 11) is 0. The molecule has 0 aliphatic carbocycles. The first kappa shape index (κ1) is 22.5. The zero-order valence-corrected chi connectivity index (χ0v) is 17.8. The first-order chi connectivity index (χ1) is 16.4. The van der Waals surface area contributed by atoms with E-state index >= 15 is 0 Å². The maximum atomic E-state index is 13.4. The SMILES string of the molecule is O=C(/C=C\c1ccc([N+](=O)[O-])cc1)NCCn1ncc2c(=O)n(Cc3cccc(F)c3)cnc21. The molecule has 0 saturated heterocycles. The Hall–Kier alpha value is -4.67. The van der Waals surface area contributed by atoms with Crippen LogP contribution in [0.15, 0.2) is 71.9 Å². The Morgan fingerprint density at radius 1 is 1.21 bits per heavy atom. The van der Waals surface area contributed by atoms with Crippen LogP contribution in [0.5, 0.6) is 0 Å². The third-order valence-electron chi connectivity index (χ3n) is 5.02. The molecule has 2 aromatic carbocycles. The lowest BCUT2D eigenvalue weighted by Crippen LogP contribution is -2.26. The van der Waals surface area contributed by atoms with Crippen molar-refractivity contribution in [1.29, 1.82) is 0 Å². The zero-order valence-electron chi connectivity index (χ0n) is 17.8. The molecule has 11 heteroatoms. The van der Waals surface area contributed by atoms with Gasteiger partial charge in [0.05, 0.1) is 24.2 Å². The molecule has 0 atom stereocenters. The van der Waals surface area contributed by atoms with Gasteiger partial charge in [-0.25, -0.2) is 14.1 Å². The van der Waals surface area contributed by atoms with Gasteiger partial charge in [-0.05, 0) is 41.5 Å². The van der Waals surface area contributed by atoms with Crippen molar-refractivity contribution in [3.63, 3.8) is 0 Å². The number of nitro groups is 1.